The number of rotatable bonds is 3. The molecule has 0 aliphatic heterocycles. The maximum Gasteiger partial charge on any atom is 0.153 e. The number of nitrogens with two attached hydrogens (primary N) is 1. The number of hydrogen-bond donors (Lipinski definition) is 1. The predicted octanol–water partition coefficient (Wildman–Crippen LogP) is 3.88. The van der Waals surface area contributed by atoms with E-state index in [9.17, 15) is 0 Å². The van der Waals surface area contributed by atoms with Gasteiger partial charge in [-0.25, -0.2) is 4.98 Å². The molecule has 0 unspecified atom stereocenters. The van der Waals surface area contributed by atoms with Gasteiger partial charge in [0.1, 0.15) is 11.5 Å². The zero-order valence-corrected chi connectivity index (χ0v) is 11.4. The predicted molar refractivity (Wildman–Crippen MR) is 78.2 cm³/mol. The van der Waals surface area contributed by atoms with Crippen molar-refractivity contribution in [2.75, 3.05) is 5.73 Å². The highest BCUT2D eigenvalue weighted by molar-refractivity contribution is 7.10. The lowest BCUT2D eigenvalue weighted by Gasteiger charge is -1.98. The molecule has 0 radical (unpaired) electrons. The Bertz CT molecular complexity index is 682. The Labute approximate surface area is 115 Å². The molecule has 1 aromatic carbocycles. The molecule has 3 rings (SSSR count). The first-order valence-corrected chi connectivity index (χ1v) is 6.94. The van der Waals surface area contributed by atoms with Gasteiger partial charge in [0, 0.05) is 17.5 Å². The molecule has 2 N–H and O–H groups in total. The van der Waals surface area contributed by atoms with Crippen LogP contribution < -0.4 is 5.73 Å². The van der Waals surface area contributed by atoms with Crippen molar-refractivity contribution in [2.24, 2.45) is 0 Å². The Balaban J connectivity index is 1.80. The van der Waals surface area contributed by atoms with Crippen LogP contribution in [0.1, 0.15) is 16.3 Å². The second kappa shape index (κ2) is 4.90. The fourth-order valence-corrected chi connectivity index (χ4v) is 2.71. The van der Waals surface area contributed by atoms with E-state index in [-0.39, 0.29) is 0 Å². The van der Waals surface area contributed by atoms with Gasteiger partial charge in [-0.05, 0) is 36.8 Å². The summed E-state index contributed by atoms with van der Waals surface area (Å²) < 4.78 is 5.58. The molecule has 0 aliphatic carbocycles. The summed E-state index contributed by atoms with van der Waals surface area (Å²) in [6, 6.07) is 11.8. The van der Waals surface area contributed by atoms with Crippen LogP contribution in [-0.2, 0) is 6.42 Å². The Morgan fingerprint density at radius 2 is 1.95 bits per heavy atom. The third-order valence-corrected chi connectivity index (χ3v) is 3.73. The van der Waals surface area contributed by atoms with Gasteiger partial charge in [-0.1, -0.05) is 12.1 Å². The summed E-state index contributed by atoms with van der Waals surface area (Å²) >= 11 is 1.65. The summed E-state index contributed by atoms with van der Waals surface area (Å²) in [7, 11) is 0. The average Bonchev–Trinajstić information content (AvgIpc) is 3.01. The van der Waals surface area contributed by atoms with E-state index in [1.54, 1.807) is 11.3 Å². The number of aryl methyl sites for hydroxylation is 1. The minimum absolute atomic E-state index is 0.787. The smallest absolute Gasteiger partial charge is 0.153 e. The van der Waals surface area contributed by atoms with Crippen molar-refractivity contribution in [3.05, 3.63) is 58.1 Å². The molecule has 4 heteroatoms. The first-order valence-electron chi connectivity index (χ1n) is 6.06. The Morgan fingerprint density at radius 1 is 1.16 bits per heavy atom. The summed E-state index contributed by atoms with van der Waals surface area (Å²) in [5.41, 5.74) is 8.58. The second-order valence-electron chi connectivity index (χ2n) is 4.46. The molecular formula is C15H14N2OS. The Morgan fingerprint density at radius 3 is 2.63 bits per heavy atom. The third-order valence-electron chi connectivity index (χ3n) is 2.88. The lowest BCUT2D eigenvalue weighted by atomic mass is 10.1. The van der Waals surface area contributed by atoms with E-state index in [1.807, 2.05) is 48.7 Å². The molecule has 0 aliphatic rings. The topological polar surface area (TPSA) is 52.0 Å². The lowest BCUT2D eigenvalue weighted by molar-refractivity contribution is 0.546. The van der Waals surface area contributed by atoms with Crippen LogP contribution in [0.25, 0.3) is 11.5 Å². The maximum atomic E-state index is 5.68. The van der Waals surface area contributed by atoms with Gasteiger partial charge in [-0.15, -0.1) is 11.3 Å². The van der Waals surface area contributed by atoms with Crippen LogP contribution >= 0.6 is 11.3 Å². The molecule has 0 saturated carbocycles. The zero-order valence-electron chi connectivity index (χ0n) is 10.6. The second-order valence-corrected chi connectivity index (χ2v) is 5.40. The van der Waals surface area contributed by atoms with Gasteiger partial charge < -0.3 is 10.2 Å². The Kier molecular flexibility index (Phi) is 3.09. The fraction of sp³-hybridized carbons (Fsp3) is 0.133. The molecular weight excluding hydrogens is 256 g/mol. The molecule has 3 nitrogen and oxygen atoms in total. The molecule has 0 fully saturated rings. The van der Waals surface area contributed by atoms with Crippen LogP contribution in [0.3, 0.4) is 0 Å². The van der Waals surface area contributed by atoms with Crippen molar-refractivity contribution in [1.82, 2.24) is 4.98 Å². The van der Waals surface area contributed by atoms with E-state index in [1.165, 1.54) is 5.56 Å². The van der Waals surface area contributed by atoms with E-state index in [0.29, 0.717) is 0 Å². The van der Waals surface area contributed by atoms with Crippen molar-refractivity contribution in [3.8, 4) is 11.5 Å². The van der Waals surface area contributed by atoms with Crippen LogP contribution in [0.4, 0.5) is 5.69 Å². The van der Waals surface area contributed by atoms with E-state index >= 15 is 0 Å². The van der Waals surface area contributed by atoms with E-state index in [2.05, 4.69) is 4.98 Å². The van der Waals surface area contributed by atoms with Crippen LogP contribution in [-0.4, -0.2) is 4.98 Å². The van der Waals surface area contributed by atoms with Crippen LogP contribution in [0.15, 0.2) is 46.2 Å². The van der Waals surface area contributed by atoms with Crippen molar-refractivity contribution < 1.29 is 4.42 Å². The number of thiazole rings is 1. The number of nitrogen functional groups attached to an aromatic ring is 1. The number of aromatic nitrogens is 1. The van der Waals surface area contributed by atoms with Gasteiger partial charge in [0.2, 0.25) is 0 Å². The van der Waals surface area contributed by atoms with Crippen molar-refractivity contribution in [1.29, 1.82) is 0 Å². The molecule has 2 aromatic heterocycles. The molecule has 2 heterocycles. The summed E-state index contributed by atoms with van der Waals surface area (Å²) in [5.74, 6) is 1.74. The fourth-order valence-electron chi connectivity index (χ4n) is 1.89. The highest BCUT2D eigenvalue weighted by Crippen LogP contribution is 2.25. The molecule has 0 amide bonds. The third kappa shape index (κ3) is 2.69. The van der Waals surface area contributed by atoms with Crippen molar-refractivity contribution in [3.63, 3.8) is 0 Å². The summed E-state index contributed by atoms with van der Waals surface area (Å²) in [6.07, 6.45) is 0.824. The molecule has 0 spiro atoms. The minimum atomic E-state index is 0.787. The highest BCUT2D eigenvalue weighted by atomic mass is 32.1. The van der Waals surface area contributed by atoms with Crippen molar-refractivity contribution in [2.45, 2.75) is 13.3 Å². The van der Waals surface area contributed by atoms with E-state index < -0.39 is 0 Å². The van der Waals surface area contributed by atoms with E-state index in [4.69, 9.17) is 10.2 Å². The largest absolute Gasteiger partial charge is 0.460 e. The normalized spacial score (nSPS) is 10.8. The molecule has 0 bridgehead atoms. The van der Waals surface area contributed by atoms with Crippen LogP contribution in [0, 0.1) is 6.92 Å². The first-order chi connectivity index (χ1) is 9.20. The SMILES string of the molecule is Cc1ccc(-c2csc(Cc3ccc(N)cc3)n2)o1. The van der Waals surface area contributed by atoms with Gasteiger partial charge in [0.25, 0.3) is 0 Å². The quantitative estimate of drug-likeness (QED) is 0.735. The Hall–Kier alpha value is -2.07. The van der Waals surface area contributed by atoms with Gasteiger partial charge in [-0.2, -0.15) is 0 Å². The monoisotopic (exact) mass is 270 g/mol. The van der Waals surface area contributed by atoms with Gasteiger partial charge in [0.15, 0.2) is 5.76 Å². The maximum absolute atomic E-state index is 5.68. The number of benzene rings is 1. The number of anilines is 1. The number of nitrogens with zero attached hydrogens (tertiary/aromatic N) is 1. The van der Waals surface area contributed by atoms with Crippen LogP contribution in [0.2, 0.25) is 0 Å². The molecule has 3 aromatic rings. The number of hydrogen-bond acceptors (Lipinski definition) is 4. The van der Waals surface area contributed by atoms with Gasteiger partial charge >= 0.3 is 0 Å². The van der Waals surface area contributed by atoms with Gasteiger partial charge in [-0.3, -0.25) is 0 Å². The minimum Gasteiger partial charge on any atom is -0.460 e. The molecule has 96 valence electrons. The summed E-state index contributed by atoms with van der Waals surface area (Å²) in [6.45, 7) is 1.94. The lowest BCUT2D eigenvalue weighted by Crippen LogP contribution is -1.89. The average molecular weight is 270 g/mol. The molecule has 19 heavy (non-hydrogen) atoms. The molecule has 0 saturated heterocycles. The van der Waals surface area contributed by atoms with Crippen molar-refractivity contribution >= 4 is 17.0 Å². The van der Waals surface area contributed by atoms with Gasteiger partial charge in [0.05, 0.1) is 5.01 Å². The van der Waals surface area contributed by atoms with Crippen LogP contribution in [0.5, 0.6) is 0 Å². The first kappa shape index (κ1) is 12.0. The number of furan rings is 1. The van der Waals surface area contributed by atoms with E-state index in [0.717, 1.165) is 34.3 Å². The summed E-state index contributed by atoms with van der Waals surface area (Å²) in [4.78, 5) is 4.61. The highest BCUT2D eigenvalue weighted by Gasteiger charge is 2.08. The summed E-state index contributed by atoms with van der Waals surface area (Å²) in [5, 5.41) is 3.11. The molecule has 0 atom stereocenters. The standard InChI is InChI=1S/C15H14N2OS/c1-10-2-7-14(18-10)13-9-19-15(17-13)8-11-3-5-12(16)6-4-11/h2-7,9H,8,16H2,1H3. The zero-order chi connectivity index (χ0) is 13.2.